The molecule has 0 spiro atoms. The lowest BCUT2D eigenvalue weighted by atomic mass is 10.1. The Morgan fingerprint density at radius 3 is 2.42 bits per heavy atom. The molecular weight excluding hydrogens is 430 g/mol. The van der Waals surface area contributed by atoms with E-state index >= 15 is 0 Å². The maximum Gasteiger partial charge on any atom is 0.250 e. The van der Waals surface area contributed by atoms with Crippen LogP contribution < -0.4 is 5.43 Å². The zero-order valence-corrected chi connectivity index (χ0v) is 19.4. The molecule has 1 N–H and O–H groups in total. The van der Waals surface area contributed by atoms with Crippen molar-refractivity contribution in [3.8, 4) is 17.1 Å². The second-order valence-electron chi connectivity index (χ2n) is 7.52. The maximum atomic E-state index is 12.4. The van der Waals surface area contributed by atoms with Crippen molar-refractivity contribution in [2.45, 2.75) is 25.4 Å². The number of amides is 1. The molecular formula is C26H25N5OS. The van der Waals surface area contributed by atoms with Crippen LogP contribution in [0.4, 0.5) is 0 Å². The van der Waals surface area contributed by atoms with Gasteiger partial charge in [0.05, 0.1) is 12.0 Å². The minimum Gasteiger partial charge on any atom is -0.272 e. The molecule has 0 saturated heterocycles. The molecule has 0 aliphatic carbocycles. The molecule has 0 aliphatic rings. The molecule has 0 radical (unpaired) electrons. The third kappa shape index (κ3) is 5.75. The minimum absolute atomic E-state index is 0.172. The summed E-state index contributed by atoms with van der Waals surface area (Å²) in [5.41, 5.74) is 7.86. The van der Waals surface area contributed by atoms with Gasteiger partial charge in [-0.2, -0.15) is 5.10 Å². The first-order valence-electron chi connectivity index (χ1n) is 10.8. The molecule has 4 aromatic rings. The Labute approximate surface area is 197 Å². The summed E-state index contributed by atoms with van der Waals surface area (Å²) in [6, 6.07) is 26.1. The fraction of sp³-hybridized carbons (Fsp3) is 0.154. The maximum absolute atomic E-state index is 12.4. The molecule has 0 fully saturated rings. The van der Waals surface area contributed by atoms with Crippen LogP contribution >= 0.6 is 11.8 Å². The number of rotatable bonds is 8. The fourth-order valence-electron chi connectivity index (χ4n) is 3.24. The lowest BCUT2D eigenvalue weighted by Crippen LogP contribution is -2.20. The first kappa shape index (κ1) is 22.5. The number of aromatic nitrogens is 3. The normalized spacial score (nSPS) is 11.1. The molecule has 1 amide bonds. The van der Waals surface area contributed by atoms with Crippen LogP contribution in [-0.4, -0.2) is 32.6 Å². The van der Waals surface area contributed by atoms with Crippen LogP contribution in [0.1, 0.15) is 23.6 Å². The number of benzene rings is 3. The predicted molar refractivity (Wildman–Crippen MR) is 134 cm³/mol. The van der Waals surface area contributed by atoms with Crippen LogP contribution in [0.3, 0.4) is 0 Å². The number of nitrogens with zero attached hydrogens (tertiary/aromatic N) is 4. The highest BCUT2D eigenvalue weighted by atomic mass is 32.2. The lowest BCUT2D eigenvalue weighted by Gasteiger charge is -2.10. The number of aryl methyl sites for hydroxylation is 2. The molecule has 6 nitrogen and oxygen atoms in total. The third-order valence-electron chi connectivity index (χ3n) is 5.08. The summed E-state index contributed by atoms with van der Waals surface area (Å²) in [6.07, 6.45) is 2.63. The van der Waals surface area contributed by atoms with E-state index in [0.717, 1.165) is 29.1 Å². The molecule has 0 atom stereocenters. The average Bonchev–Trinajstić information content (AvgIpc) is 3.28. The van der Waals surface area contributed by atoms with E-state index in [-0.39, 0.29) is 11.7 Å². The second-order valence-corrected chi connectivity index (χ2v) is 8.46. The number of hydrogen-bond donors (Lipinski definition) is 1. The second kappa shape index (κ2) is 10.7. The van der Waals surface area contributed by atoms with Crippen LogP contribution in [0.15, 0.2) is 89.1 Å². The van der Waals surface area contributed by atoms with Gasteiger partial charge in [0.2, 0.25) is 0 Å². The van der Waals surface area contributed by atoms with Crippen LogP contribution in [0.2, 0.25) is 0 Å². The molecule has 0 saturated carbocycles. The molecule has 0 unspecified atom stereocenters. The summed E-state index contributed by atoms with van der Waals surface area (Å²) in [5, 5.41) is 13.5. The van der Waals surface area contributed by atoms with Gasteiger partial charge in [-0.25, -0.2) is 5.43 Å². The highest BCUT2D eigenvalue weighted by Gasteiger charge is 2.17. The van der Waals surface area contributed by atoms with Crippen LogP contribution in [0.5, 0.6) is 0 Å². The van der Waals surface area contributed by atoms with Gasteiger partial charge in [0.1, 0.15) is 0 Å². The predicted octanol–water partition coefficient (Wildman–Crippen LogP) is 5.05. The number of thioether (sulfide) groups is 1. The van der Waals surface area contributed by atoms with Crippen molar-refractivity contribution < 1.29 is 4.79 Å². The van der Waals surface area contributed by atoms with E-state index in [1.807, 2.05) is 78.2 Å². The highest BCUT2D eigenvalue weighted by Crippen LogP contribution is 2.28. The SMILES string of the molecule is CCc1ccc(C=NNC(=O)CSc2nnc(-c3ccccc3)n2-c2ccc(C)cc2)cc1. The van der Waals surface area contributed by atoms with E-state index in [1.165, 1.54) is 22.9 Å². The molecule has 7 heteroatoms. The Morgan fingerprint density at radius 1 is 1.00 bits per heavy atom. The van der Waals surface area contributed by atoms with Gasteiger partial charge in [-0.3, -0.25) is 9.36 Å². The van der Waals surface area contributed by atoms with E-state index < -0.39 is 0 Å². The summed E-state index contributed by atoms with van der Waals surface area (Å²) in [6.45, 7) is 4.16. The summed E-state index contributed by atoms with van der Waals surface area (Å²) in [5.74, 6) is 0.697. The van der Waals surface area contributed by atoms with Gasteiger partial charge in [0.25, 0.3) is 5.91 Å². The van der Waals surface area contributed by atoms with Gasteiger partial charge >= 0.3 is 0 Å². The summed E-state index contributed by atoms with van der Waals surface area (Å²) >= 11 is 1.32. The van der Waals surface area contributed by atoms with Crippen LogP contribution in [-0.2, 0) is 11.2 Å². The zero-order chi connectivity index (χ0) is 23.0. The van der Waals surface area contributed by atoms with Crippen molar-refractivity contribution in [2.24, 2.45) is 5.10 Å². The van der Waals surface area contributed by atoms with Crippen molar-refractivity contribution in [1.29, 1.82) is 0 Å². The Hall–Kier alpha value is -3.71. The molecule has 33 heavy (non-hydrogen) atoms. The smallest absolute Gasteiger partial charge is 0.250 e. The van der Waals surface area contributed by atoms with E-state index in [0.29, 0.717) is 5.16 Å². The quantitative estimate of drug-likeness (QED) is 0.229. The molecule has 166 valence electrons. The third-order valence-corrected chi connectivity index (χ3v) is 6.01. The van der Waals surface area contributed by atoms with Crippen molar-refractivity contribution >= 4 is 23.9 Å². The number of carbonyl (C=O) groups is 1. The Morgan fingerprint density at radius 2 is 1.73 bits per heavy atom. The molecule has 0 bridgehead atoms. The Bertz CT molecular complexity index is 1230. The van der Waals surface area contributed by atoms with E-state index in [4.69, 9.17) is 0 Å². The van der Waals surface area contributed by atoms with Gasteiger partial charge in [-0.15, -0.1) is 10.2 Å². The molecule has 4 rings (SSSR count). The van der Waals surface area contributed by atoms with Gasteiger partial charge in [-0.05, 0) is 36.6 Å². The summed E-state index contributed by atoms with van der Waals surface area (Å²) in [7, 11) is 0. The molecule has 1 aromatic heterocycles. The van der Waals surface area contributed by atoms with E-state index in [2.05, 4.69) is 39.8 Å². The van der Waals surface area contributed by atoms with Crippen molar-refractivity contribution in [1.82, 2.24) is 20.2 Å². The van der Waals surface area contributed by atoms with Gasteiger partial charge in [-0.1, -0.05) is 91.0 Å². The first-order chi connectivity index (χ1) is 16.1. The summed E-state index contributed by atoms with van der Waals surface area (Å²) < 4.78 is 1.98. The highest BCUT2D eigenvalue weighted by molar-refractivity contribution is 7.99. The van der Waals surface area contributed by atoms with Gasteiger partial charge in [0, 0.05) is 11.3 Å². The van der Waals surface area contributed by atoms with Crippen molar-refractivity contribution in [2.75, 3.05) is 5.75 Å². The zero-order valence-electron chi connectivity index (χ0n) is 18.6. The largest absolute Gasteiger partial charge is 0.272 e. The van der Waals surface area contributed by atoms with E-state index in [9.17, 15) is 4.79 Å². The standard InChI is InChI=1S/C26H25N5OS/c1-3-20-11-13-21(14-12-20)17-27-28-24(32)18-33-26-30-29-25(22-7-5-4-6-8-22)31(26)23-15-9-19(2)10-16-23/h4-17H,3,18H2,1-2H3,(H,28,32). The van der Waals surface area contributed by atoms with Crippen molar-refractivity contribution in [3.63, 3.8) is 0 Å². The number of nitrogens with one attached hydrogen (secondary N) is 1. The van der Waals surface area contributed by atoms with Gasteiger partial charge in [0.15, 0.2) is 11.0 Å². The van der Waals surface area contributed by atoms with Crippen LogP contribution in [0.25, 0.3) is 17.1 Å². The monoisotopic (exact) mass is 455 g/mol. The number of carbonyl (C=O) groups excluding carboxylic acids is 1. The Kier molecular flexibility index (Phi) is 7.32. The Balaban J connectivity index is 1.47. The fourth-order valence-corrected chi connectivity index (χ4v) is 3.99. The minimum atomic E-state index is -0.207. The lowest BCUT2D eigenvalue weighted by molar-refractivity contribution is -0.118. The average molecular weight is 456 g/mol. The van der Waals surface area contributed by atoms with E-state index in [1.54, 1.807) is 6.21 Å². The first-order valence-corrected chi connectivity index (χ1v) is 11.7. The van der Waals surface area contributed by atoms with Crippen LogP contribution in [0, 0.1) is 6.92 Å². The topological polar surface area (TPSA) is 72.2 Å². The molecule has 0 aliphatic heterocycles. The number of hydrazone groups is 1. The molecule has 1 heterocycles. The summed E-state index contributed by atoms with van der Waals surface area (Å²) in [4.78, 5) is 12.4. The van der Waals surface area contributed by atoms with Gasteiger partial charge < -0.3 is 0 Å². The van der Waals surface area contributed by atoms with Crippen molar-refractivity contribution in [3.05, 3.63) is 95.6 Å². The molecule has 3 aromatic carbocycles. The number of hydrogen-bond acceptors (Lipinski definition) is 5.